The molecule has 0 aliphatic heterocycles. The predicted octanol–water partition coefficient (Wildman–Crippen LogP) is 5.08. The number of hydrogen-bond acceptors (Lipinski definition) is 4. The smallest absolute Gasteiger partial charge is 0.193 e. The van der Waals surface area contributed by atoms with Gasteiger partial charge < -0.3 is 14.2 Å². The van der Waals surface area contributed by atoms with E-state index in [1.165, 1.54) is 0 Å². The minimum Gasteiger partial charge on any atom is -0.496 e. The van der Waals surface area contributed by atoms with Crippen LogP contribution in [-0.4, -0.2) is 32.4 Å². The van der Waals surface area contributed by atoms with E-state index in [-0.39, 0.29) is 5.78 Å². The molecule has 0 saturated carbocycles. The van der Waals surface area contributed by atoms with Gasteiger partial charge in [0.2, 0.25) is 0 Å². The van der Waals surface area contributed by atoms with Crippen LogP contribution < -0.4 is 30.1 Å². The third kappa shape index (κ3) is 4.38. The van der Waals surface area contributed by atoms with E-state index in [9.17, 15) is 4.79 Å². The lowest BCUT2D eigenvalue weighted by Crippen LogP contribution is -2.32. The number of benzene rings is 4. The average Bonchev–Trinajstić information content (AvgIpc) is 2.94. The number of hydrogen-bond donors (Lipinski definition) is 0. The Labute approximate surface area is 207 Å². The molecular weight excluding hydrogens is 455 g/mol. The normalized spacial score (nSPS) is 11.0. The van der Waals surface area contributed by atoms with Crippen LogP contribution in [0.25, 0.3) is 0 Å². The minimum atomic E-state index is -2.50. The number of ether oxygens (including phenoxy) is 3. The topological polar surface area (TPSA) is 44.8 Å². The number of carbonyl (C=O) groups is 1. The highest BCUT2D eigenvalue weighted by atomic mass is 31.2. The molecule has 178 valence electrons. The molecule has 4 aromatic rings. The number of rotatable bonds is 8. The Morgan fingerprint density at radius 3 is 1.31 bits per heavy atom. The van der Waals surface area contributed by atoms with Gasteiger partial charge in [0, 0.05) is 11.4 Å². The SMILES string of the molecule is COc1cc(OC)c(C(=O)C(C)=P(c2ccccc2)(c2ccccc2)c2ccccc2)cc1OC. The molecule has 0 saturated heterocycles. The van der Waals surface area contributed by atoms with E-state index in [1.54, 1.807) is 33.5 Å². The third-order valence-electron chi connectivity index (χ3n) is 6.21. The van der Waals surface area contributed by atoms with Crippen molar-refractivity contribution in [2.75, 3.05) is 21.3 Å². The van der Waals surface area contributed by atoms with Gasteiger partial charge in [-0.05, 0) is 35.8 Å². The van der Waals surface area contributed by atoms with Crippen LogP contribution in [0.15, 0.2) is 103 Å². The molecule has 0 spiro atoms. The lowest BCUT2D eigenvalue weighted by Gasteiger charge is -2.31. The van der Waals surface area contributed by atoms with Crippen molar-refractivity contribution in [3.05, 3.63) is 109 Å². The molecular formula is C30H29O4P. The zero-order valence-corrected chi connectivity index (χ0v) is 21.3. The van der Waals surface area contributed by atoms with Crippen LogP contribution in [0, 0.1) is 0 Å². The van der Waals surface area contributed by atoms with Crippen LogP contribution in [0.2, 0.25) is 0 Å². The molecule has 5 heteroatoms. The highest BCUT2D eigenvalue weighted by Gasteiger charge is 2.32. The summed E-state index contributed by atoms with van der Waals surface area (Å²) in [6, 6.07) is 34.3. The Bertz CT molecular complexity index is 1260. The number of Topliss-reactive ketones (excluding diaryl/α,β-unsaturated/α-hetero) is 1. The molecule has 0 atom stereocenters. The molecule has 35 heavy (non-hydrogen) atoms. The summed E-state index contributed by atoms with van der Waals surface area (Å²) in [5, 5.41) is 4.10. The van der Waals surface area contributed by atoms with Crippen LogP contribution in [0.5, 0.6) is 17.2 Å². The zero-order valence-electron chi connectivity index (χ0n) is 20.4. The van der Waals surface area contributed by atoms with E-state index in [0.717, 1.165) is 21.2 Å². The zero-order chi connectivity index (χ0) is 24.8. The quantitative estimate of drug-likeness (QED) is 0.258. The second-order valence-electron chi connectivity index (χ2n) is 8.00. The lowest BCUT2D eigenvalue weighted by atomic mass is 10.1. The predicted molar refractivity (Wildman–Crippen MR) is 146 cm³/mol. The summed E-state index contributed by atoms with van der Waals surface area (Å²) in [4.78, 5) is 14.4. The summed E-state index contributed by atoms with van der Waals surface area (Å²) in [6.07, 6.45) is 0. The van der Waals surface area contributed by atoms with Gasteiger partial charge in [-0.3, -0.25) is 4.79 Å². The Morgan fingerprint density at radius 2 is 0.943 bits per heavy atom. The van der Waals surface area contributed by atoms with Crippen molar-refractivity contribution in [3.63, 3.8) is 0 Å². The average molecular weight is 485 g/mol. The molecule has 0 aliphatic carbocycles. The second kappa shape index (κ2) is 10.7. The van der Waals surface area contributed by atoms with Crippen molar-refractivity contribution in [1.29, 1.82) is 0 Å². The Morgan fingerprint density at radius 1 is 0.571 bits per heavy atom. The molecule has 0 radical (unpaired) electrons. The first-order valence-electron chi connectivity index (χ1n) is 11.3. The summed E-state index contributed by atoms with van der Waals surface area (Å²) in [7, 11) is 4.68. The summed E-state index contributed by atoms with van der Waals surface area (Å²) in [5.74, 6) is 1.34. The summed E-state index contributed by atoms with van der Waals surface area (Å²) in [5.41, 5.74) is 0.440. The fraction of sp³-hybridized carbons (Fsp3) is 0.133. The highest BCUT2D eigenvalue weighted by molar-refractivity contribution is 7.96. The van der Waals surface area contributed by atoms with Gasteiger partial charge in [0.1, 0.15) is 5.75 Å². The van der Waals surface area contributed by atoms with E-state index >= 15 is 0 Å². The number of methoxy groups -OCH3 is 3. The van der Waals surface area contributed by atoms with Gasteiger partial charge in [0.05, 0.1) is 26.9 Å². The van der Waals surface area contributed by atoms with Crippen LogP contribution in [0.4, 0.5) is 0 Å². The van der Waals surface area contributed by atoms with Gasteiger partial charge in [-0.15, -0.1) is 0 Å². The largest absolute Gasteiger partial charge is 0.496 e. The van der Waals surface area contributed by atoms with Gasteiger partial charge in [-0.2, -0.15) is 0 Å². The molecule has 0 amide bonds. The van der Waals surface area contributed by atoms with E-state index in [4.69, 9.17) is 14.2 Å². The van der Waals surface area contributed by atoms with Crippen LogP contribution >= 0.6 is 6.89 Å². The Balaban J connectivity index is 2.13. The number of ketones is 1. The maximum atomic E-state index is 14.4. The van der Waals surface area contributed by atoms with Gasteiger partial charge >= 0.3 is 0 Å². The molecule has 0 unspecified atom stereocenters. The Hall–Kier alpha value is -3.75. The van der Waals surface area contributed by atoms with Crippen molar-refractivity contribution >= 4 is 33.9 Å². The molecule has 0 aliphatic rings. The van der Waals surface area contributed by atoms with Crippen molar-refractivity contribution in [3.8, 4) is 17.2 Å². The van der Waals surface area contributed by atoms with Crippen molar-refractivity contribution in [2.45, 2.75) is 6.92 Å². The highest BCUT2D eigenvalue weighted by Crippen LogP contribution is 2.47. The molecule has 4 rings (SSSR count). The van der Waals surface area contributed by atoms with Crippen LogP contribution in [0.3, 0.4) is 0 Å². The first-order chi connectivity index (χ1) is 17.1. The third-order valence-corrected chi connectivity index (χ3v) is 10.6. The molecule has 0 heterocycles. The molecule has 0 bridgehead atoms. The fourth-order valence-corrected chi connectivity index (χ4v) is 8.88. The molecule has 0 aromatic heterocycles. The summed E-state index contributed by atoms with van der Waals surface area (Å²) in [6.45, 7) is -0.541. The molecule has 0 fully saturated rings. The van der Waals surface area contributed by atoms with Crippen molar-refractivity contribution in [1.82, 2.24) is 0 Å². The second-order valence-corrected chi connectivity index (χ2v) is 11.6. The van der Waals surface area contributed by atoms with E-state index in [1.807, 2.05) is 61.5 Å². The first-order valence-corrected chi connectivity index (χ1v) is 13.1. The monoisotopic (exact) mass is 484 g/mol. The van der Waals surface area contributed by atoms with E-state index < -0.39 is 6.89 Å². The van der Waals surface area contributed by atoms with Gasteiger partial charge in [-0.25, -0.2) is 0 Å². The first kappa shape index (κ1) is 24.4. The van der Waals surface area contributed by atoms with E-state index in [0.29, 0.717) is 22.8 Å². The maximum Gasteiger partial charge on any atom is 0.193 e. The lowest BCUT2D eigenvalue weighted by molar-refractivity contribution is 0.106. The van der Waals surface area contributed by atoms with Crippen LogP contribution in [0.1, 0.15) is 17.3 Å². The Kier molecular flexibility index (Phi) is 7.43. The van der Waals surface area contributed by atoms with Crippen molar-refractivity contribution < 1.29 is 19.0 Å². The molecule has 4 aromatic carbocycles. The molecule has 0 N–H and O–H groups in total. The fourth-order valence-electron chi connectivity index (χ4n) is 4.54. The molecule has 4 nitrogen and oxygen atoms in total. The standard InChI is InChI=1S/C30H29O4P/c1-22(30(31)26-20-28(33-3)29(34-4)21-27(26)32-2)35(23-14-8-5-9-15-23,24-16-10-6-11-17-24)25-18-12-7-13-19-25/h5-21H,1-4H3. The summed E-state index contributed by atoms with van der Waals surface area (Å²) < 4.78 is 16.6. The van der Waals surface area contributed by atoms with Gasteiger partial charge in [0.15, 0.2) is 17.3 Å². The maximum absolute atomic E-state index is 14.4. The van der Waals surface area contributed by atoms with Crippen LogP contribution in [-0.2, 0) is 0 Å². The summed E-state index contributed by atoms with van der Waals surface area (Å²) >= 11 is 0. The van der Waals surface area contributed by atoms with Crippen molar-refractivity contribution in [2.24, 2.45) is 0 Å². The van der Waals surface area contributed by atoms with Gasteiger partial charge in [-0.1, -0.05) is 91.0 Å². The number of carbonyl (C=O) groups excluding carboxylic acids is 1. The minimum absolute atomic E-state index is 0.0901. The van der Waals surface area contributed by atoms with E-state index in [2.05, 4.69) is 36.4 Å². The van der Waals surface area contributed by atoms with Gasteiger partial charge in [0.25, 0.3) is 0 Å².